The van der Waals surface area contributed by atoms with Crippen molar-refractivity contribution in [1.82, 2.24) is 4.90 Å². The minimum atomic E-state index is 0.129. The van der Waals surface area contributed by atoms with Gasteiger partial charge in [0, 0.05) is 13.0 Å². The van der Waals surface area contributed by atoms with E-state index in [1.165, 1.54) is 6.42 Å². The van der Waals surface area contributed by atoms with Crippen LogP contribution in [0.3, 0.4) is 0 Å². The van der Waals surface area contributed by atoms with Crippen LogP contribution in [-0.4, -0.2) is 40.7 Å². The Morgan fingerprint density at radius 2 is 2.20 bits per heavy atom. The molecule has 0 bridgehead atoms. The third-order valence-corrected chi connectivity index (χ3v) is 4.38. The Hall–Kier alpha value is -0.510. The molecule has 3 nitrogen and oxygen atoms in total. The van der Waals surface area contributed by atoms with E-state index in [0.29, 0.717) is 13.0 Å². The van der Waals surface area contributed by atoms with E-state index in [4.69, 9.17) is 0 Å². The fourth-order valence-corrected chi connectivity index (χ4v) is 3.45. The number of hydrogen-bond donors (Lipinski definition) is 0. The summed E-state index contributed by atoms with van der Waals surface area (Å²) in [4.78, 5) is 25.1. The van der Waals surface area contributed by atoms with Crippen LogP contribution in [0.5, 0.6) is 0 Å². The third-order valence-electron chi connectivity index (χ3n) is 3.02. The Morgan fingerprint density at radius 3 is 2.87 bits per heavy atom. The molecule has 1 unspecified atom stereocenters. The van der Waals surface area contributed by atoms with Crippen LogP contribution in [-0.2, 0) is 9.59 Å². The molecule has 0 spiro atoms. The molecule has 1 amide bonds. The number of piperidine rings is 1. The van der Waals surface area contributed by atoms with E-state index in [-0.39, 0.29) is 16.9 Å². The monoisotopic (exact) mass is 227 g/mol. The van der Waals surface area contributed by atoms with Gasteiger partial charge in [0.25, 0.3) is 0 Å². The van der Waals surface area contributed by atoms with Gasteiger partial charge >= 0.3 is 0 Å². The predicted octanol–water partition coefficient (Wildman–Crippen LogP) is 1.46. The molecule has 0 radical (unpaired) electrons. The number of Topliss-reactive ketones (excluding diaryl/α,β-unsaturated/α-hetero) is 1. The van der Waals surface area contributed by atoms with Crippen molar-refractivity contribution in [2.24, 2.45) is 0 Å². The van der Waals surface area contributed by atoms with Crippen LogP contribution in [0.25, 0.3) is 0 Å². The number of amides is 1. The molecule has 2 fully saturated rings. The normalized spacial score (nSPS) is 27.9. The van der Waals surface area contributed by atoms with Gasteiger partial charge in [-0.1, -0.05) is 6.42 Å². The molecule has 84 valence electrons. The molecular formula is C11H17NO2S. The highest BCUT2D eigenvalue weighted by atomic mass is 32.2. The predicted molar refractivity (Wildman–Crippen MR) is 60.9 cm³/mol. The fourth-order valence-electron chi connectivity index (χ4n) is 2.17. The second-order valence-electron chi connectivity index (χ2n) is 4.26. The van der Waals surface area contributed by atoms with Crippen molar-refractivity contribution >= 4 is 23.5 Å². The minimum Gasteiger partial charge on any atom is -0.334 e. The number of nitrogens with zero attached hydrogens (tertiary/aromatic N) is 1. The topological polar surface area (TPSA) is 37.4 Å². The van der Waals surface area contributed by atoms with Gasteiger partial charge in [0.15, 0.2) is 5.78 Å². The molecule has 2 aliphatic rings. The van der Waals surface area contributed by atoms with Crippen molar-refractivity contribution in [2.45, 2.75) is 37.4 Å². The van der Waals surface area contributed by atoms with E-state index in [2.05, 4.69) is 0 Å². The fraction of sp³-hybridized carbons (Fsp3) is 0.818. The first-order valence-corrected chi connectivity index (χ1v) is 6.74. The van der Waals surface area contributed by atoms with E-state index in [1.807, 2.05) is 0 Å². The van der Waals surface area contributed by atoms with Gasteiger partial charge in [0.05, 0.1) is 11.8 Å². The molecule has 2 aliphatic heterocycles. The minimum absolute atomic E-state index is 0.129. The van der Waals surface area contributed by atoms with Crippen molar-refractivity contribution in [3.63, 3.8) is 0 Å². The highest BCUT2D eigenvalue weighted by Crippen LogP contribution is 2.27. The SMILES string of the molecule is O=C1CCCN(C(=O)C2CCCCS2)C1. The molecule has 15 heavy (non-hydrogen) atoms. The number of carbonyl (C=O) groups excluding carboxylic acids is 2. The number of rotatable bonds is 1. The molecule has 0 aromatic carbocycles. The molecule has 2 heterocycles. The largest absolute Gasteiger partial charge is 0.334 e. The third kappa shape index (κ3) is 2.74. The van der Waals surface area contributed by atoms with Gasteiger partial charge in [-0.05, 0) is 25.0 Å². The summed E-state index contributed by atoms with van der Waals surface area (Å²) in [5.41, 5.74) is 0. The summed E-state index contributed by atoms with van der Waals surface area (Å²) in [5.74, 6) is 1.52. The number of ketones is 1. The zero-order chi connectivity index (χ0) is 10.7. The Bertz CT molecular complexity index is 261. The summed E-state index contributed by atoms with van der Waals surface area (Å²) < 4.78 is 0. The lowest BCUT2D eigenvalue weighted by Crippen LogP contribution is -2.44. The summed E-state index contributed by atoms with van der Waals surface area (Å²) in [7, 11) is 0. The number of thioether (sulfide) groups is 1. The highest BCUT2D eigenvalue weighted by molar-refractivity contribution is 8.00. The molecular weight excluding hydrogens is 210 g/mol. The first-order chi connectivity index (χ1) is 7.27. The van der Waals surface area contributed by atoms with Crippen molar-refractivity contribution in [2.75, 3.05) is 18.8 Å². The standard InChI is InChI=1S/C11H17NO2S/c13-9-4-3-6-12(8-9)11(14)10-5-1-2-7-15-10/h10H,1-8H2. The van der Waals surface area contributed by atoms with E-state index in [1.54, 1.807) is 16.7 Å². The highest BCUT2D eigenvalue weighted by Gasteiger charge is 2.29. The van der Waals surface area contributed by atoms with Crippen LogP contribution in [0.2, 0.25) is 0 Å². The second kappa shape index (κ2) is 5.01. The van der Waals surface area contributed by atoms with E-state index < -0.39 is 0 Å². The molecule has 0 saturated carbocycles. The first-order valence-electron chi connectivity index (χ1n) is 5.69. The summed E-state index contributed by atoms with van der Waals surface area (Å²) in [5, 5.41) is 0.129. The average Bonchev–Trinajstić information content (AvgIpc) is 2.29. The quantitative estimate of drug-likeness (QED) is 0.680. The van der Waals surface area contributed by atoms with Crippen LogP contribution < -0.4 is 0 Å². The molecule has 4 heteroatoms. The van der Waals surface area contributed by atoms with Crippen molar-refractivity contribution in [1.29, 1.82) is 0 Å². The van der Waals surface area contributed by atoms with Crippen molar-refractivity contribution in [3.05, 3.63) is 0 Å². The summed E-state index contributed by atoms with van der Waals surface area (Å²) in [6.45, 7) is 1.14. The van der Waals surface area contributed by atoms with Gasteiger partial charge in [-0.15, -0.1) is 11.8 Å². The van der Waals surface area contributed by atoms with E-state index in [9.17, 15) is 9.59 Å². The van der Waals surface area contributed by atoms with Crippen molar-refractivity contribution in [3.8, 4) is 0 Å². The van der Waals surface area contributed by atoms with Crippen LogP contribution in [0.1, 0.15) is 32.1 Å². The number of likely N-dealkylation sites (tertiary alicyclic amines) is 1. The van der Waals surface area contributed by atoms with E-state index >= 15 is 0 Å². The number of carbonyl (C=O) groups is 2. The van der Waals surface area contributed by atoms with Gasteiger partial charge in [-0.3, -0.25) is 9.59 Å². The summed E-state index contributed by atoms with van der Waals surface area (Å²) in [6.07, 6.45) is 4.89. The van der Waals surface area contributed by atoms with Crippen LogP contribution in [0, 0.1) is 0 Å². The maximum atomic E-state index is 12.1. The van der Waals surface area contributed by atoms with Gasteiger partial charge < -0.3 is 4.90 Å². The molecule has 0 aromatic rings. The lowest BCUT2D eigenvalue weighted by Gasteiger charge is -2.30. The zero-order valence-corrected chi connectivity index (χ0v) is 9.72. The smallest absolute Gasteiger partial charge is 0.236 e. The van der Waals surface area contributed by atoms with Gasteiger partial charge in [-0.2, -0.15) is 0 Å². The second-order valence-corrected chi connectivity index (χ2v) is 5.57. The molecule has 0 aliphatic carbocycles. The van der Waals surface area contributed by atoms with Crippen LogP contribution >= 0.6 is 11.8 Å². The lowest BCUT2D eigenvalue weighted by atomic mass is 10.1. The van der Waals surface area contributed by atoms with Crippen LogP contribution in [0.15, 0.2) is 0 Å². The van der Waals surface area contributed by atoms with E-state index in [0.717, 1.165) is 31.6 Å². The maximum absolute atomic E-state index is 12.1. The Labute approximate surface area is 94.6 Å². The molecule has 1 atom stereocenters. The summed E-state index contributed by atoms with van der Waals surface area (Å²) in [6, 6.07) is 0. The Kier molecular flexibility index (Phi) is 3.67. The van der Waals surface area contributed by atoms with Gasteiger partial charge in [0.1, 0.15) is 0 Å². The Morgan fingerprint density at radius 1 is 1.33 bits per heavy atom. The molecule has 2 rings (SSSR count). The number of hydrogen-bond acceptors (Lipinski definition) is 3. The van der Waals surface area contributed by atoms with Gasteiger partial charge in [-0.25, -0.2) is 0 Å². The zero-order valence-electron chi connectivity index (χ0n) is 8.91. The average molecular weight is 227 g/mol. The summed E-state index contributed by atoms with van der Waals surface area (Å²) >= 11 is 1.76. The maximum Gasteiger partial charge on any atom is 0.236 e. The van der Waals surface area contributed by atoms with Gasteiger partial charge in [0.2, 0.25) is 5.91 Å². The van der Waals surface area contributed by atoms with Crippen LogP contribution in [0.4, 0.5) is 0 Å². The first kappa shape index (κ1) is 11.0. The Balaban J connectivity index is 1.90. The lowest BCUT2D eigenvalue weighted by molar-refractivity contribution is -0.137. The molecule has 0 N–H and O–H groups in total. The molecule has 0 aromatic heterocycles. The molecule has 2 saturated heterocycles. The van der Waals surface area contributed by atoms with Crippen molar-refractivity contribution < 1.29 is 9.59 Å².